The van der Waals surface area contributed by atoms with Gasteiger partial charge in [-0.05, 0) is 30.2 Å². The Morgan fingerprint density at radius 3 is 2.85 bits per heavy atom. The molecule has 2 aromatic carbocycles. The van der Waals surface area contributed by atoms with Crippen molar-refractivity contribution in [2.45, 2.75) is 26.0 Å². The van der Waals surface area contributed by atoms with Crippen molar-refractivity contribution >= 4 is 16.6 Å². The van der Waals surface area contributed by atoms with Crippen LogP contribution in [0.3, 0.4) is 0 Å². The Morgan fingerprint density at radius 2 is 2.11 bits per heavy atom. The van der Waals surface area contributed by atoms with Crippen LogP contribution in [0.4, 0.5) is 5.69 Å². The topological polar surface area (TPSA) is 107 Å². The largest absolute Gasteiger partial charge is 0.491 e. The zero-order valence-corrected chi connectivity index (χ0v) is 14.7. The molecule has 1 unspecified atom stereocenters. The second-order valence-corrected chi connectivity index (χ2v) is 6.13. The van der Waals surface area contributed by atoms with Crippen molar-refractivity contribution in [2.75, 3.05) is 6.61 Å². The van der Waals surface area contributed by atoms with Crippen LogP contribution in [0.1, 0.15) is 12.5 Å². The Bertz CT molecular complexity index is 1030. The smallest absolute Gasteiger partial charge is 0.270 e. The highest BCUT2D eigenvalue weighted by Gasteiger charge is 2.13. The second-order valence-electron chi connectivity index (χ2n) is 6.13. The van der Waals surface area contributed by atoms with E-state index < -0.39 is 16.6 Å². The SMILES string of the molecule is CCc1cccc(OCC(O)Cn2cnc3ccc([N+](=O)[O-])cc3c2=O)c1. The predicted molar refractivity (Wildman–Crippen MR) is 100.0 cm³/mol. The number of aliphatic hydroxyl groups is 1. The van der Waals surface area contributed by atoms with E-state index in [4.69, 9.17) is 4.74 Å². The molecule has 0 aliphatic rings. The third kappa shape index (κ3) is 4.29. The van der Waals surface area contributed by atoms with Gasteiger partial charge in [0.15, 0.2) is 0 Å². The summed E-state index contributed by atoms with van der Waals surface area (Å²) in [4.78, 5) is 27.0. The normalized spacial score (nSPS) is 12.1. The Kier molecular flexibility index (Phi) is 5.46. The molecule has 8 heteroatoms. The molecule has 0 fully saturated rings. The fraction of sp³-hybridized carbons (Fsp3) is 0.263. The van der Waals surface area contributed by atoms with E-state index in [1.54, 1.807) is 6.07 Å². The van der Waals surface area contributed by atoms with E-state index in [0.717, 1.165) is 12.0 Å². The fourth-order valence-corrected chi connectivity index (χ4v) is 2.72. The summed E-state index contributed by atoms with van der Waals surface area (Å²) in [6.45, 7) is 2.02. The number of nitrogens with zero attached hydrogens (tertiary/aromatic N) is 3. The lowest BCUT2D eigenvalue weighted by Gasteiger charge is -2.14. The minimum atomic E-state index is -0.939. The van der Waals surface area contributed by atoms with Crippen LogP contribution in [-0.4, -0.2) is 32.3 Å². The highest BCUT2D eigenvalue weighted by atomic mass is 16.6. The molecular weight excluding hydrogens is 350 g/mol. The van der Waals surface area contributed by atoms with E-state index in [1.165, 1.54) is 29.1 Å². The summed E-state index contributed by atoms with van der Waals surface area (Å²) in [5.41, 5.74) is 0.858. The Morgan fingerprint density at radius 1 is 1.30 bits per heavy atom. The van der Waals surface area contributed by atoms with Crippen LogP contribution in [0.15, 0.2) is 53.6 Å². The third-order valence-corrected chi connectivity index (χ3v) is 4.17. The number of nitro benzene ring substituents is 1. The average molecular weight is 369 g/mol. The molecule has 1 N–H and O–H groups in total. The molecule has 0 aliphatic carbocycles. The van der Waals surface area contributed by atoms with Crippen LogP contribution in [0.5, 0.6) is 5.75 Å². The fourth-order valence-electron chi connectivity index (χ4n) is 2.72. The number of rotatable bonds is 7. The van der Waals surface area contributed by atoms with Crippen molar-refractivity contribution in [2.24, 2.45) is 0 Å². The van der Waals surface area contributed by atoms with E-state index >= 15 is 0 Å². The maximum absolute atomic E-state index is 12.5. The number of non-ortho nitro benzene ring substituents is 1. The minimum Gasteiger partial charge on any atom is -0.491 e. The maximum atomic E-state index is 12.5. The number of hydrogen-bond acceptors (Lipinski definition) is 6. The number of aliphatic hydroxyl groups excluding tert-OH is 1. The lowest BCUT2D eigenvalue weighted by atomic mass is 10.2. The van der Waals surface area contributed by atoms with Gasteiger partial charge in [-0.3, -0.25) is 19.5 Å². The molecule has 0 aliphatic heterocycles. The molecule has 0 radical (unpaired) electrons. The quantitative estimate of drug-likeness (QED) is 0.506. The number of nitro groups is 1. The van der Waals surface area contributed by atoms with Gasteiger partial charge in [0, 0.05) is 12.1 Å². The van der Waals surface area contributed by atoms with Crippen molar-refractivity contribution < 1.29 is 14.8 Å². The summed E-state index contributed by atoms with van der Waals surface area (Å²) >= 11 is 0. The third-order valence-electron chi connectivity index (χ3n) is 4.17. The van der Waals surface area contributed by atoms with Crippen LogP contribution in [-0.2, 0) is 13.0 Å². The molecule has 27 heavy (non-hydrogen) atoms. The summed E-state index contributed by atoms with van der Waals surface area (Å²) in [6, 6.07) is 11.5. The summed E-state index contributed by atoms with van der Waals surface area (Å²) in [5.74, 6) is 0.646. The molecule has 1 aromatic heterocycles. The summed E-state index contributed by atoms with van der Waals surface area (Å²) in [5, 5.41) is 21.2. The summed E-state index contributed by atoms with van der Waals surface area (Å²) < 4.78 is 6.81. The van der Waals surface area contributed by atoms with Crippen LogP contribution >= 0.6 is 0 Å². The van der Waals surface area contributed by atoms with Crippen molar-refractivity contribution in [1.29, 1.82) is 0 Å². The number of aromatic nitrogens is 2. The average Bonchev–Trinajstić information content (AvgIpc) is 2.68. The van der Waals surface area contributed by atoms with Gasteiger partial charge in [-0.25, -0.2) is 4.98 Å². The van der Waals surface area contributed by atoms with Crippen molar-refractivity contribution in [3.63, 3.8) is 0 Å². The number of aryl methyl sites for hydroxylation is 1. The monoisotopic (exact) mass is 369 g/mol. The van der Waals surface area contributed by atoms with Crippen LogP contribution in [0, 0.1) is 10.1 Å². The Labute approximate surface area is 154 Å². The molecular formula is C19H19N3O5. The molecule has 1 heterocycles. The van der Waals surface area contributed by atoms with Gasteiger partial charge in [0.1, 0.15) is 18.5 Å². The highest BCUT2D eigenvalue weighted by molar-refractivity contribution is 5.79. The molecule has 0 spiro atoms. The summed E-state index contributed by atoms with van der Waals surface area (Å²) in [7, 11) is 0. The van der Waals surface area contributed by atoms with Crippen LogP contribution in [0.25, 0.3) is 10.9 Å². The number of hydrogen-bond donors (Lipinski definition) is 1. The van der Waals surface area contributed by atoms with Gasteiger partial charge < -0.3 is 9.84 Å². The van der Waals surface area contributed by atoms with Gasteiger partial charge in [-0.15, -0.1) is 0 Å². The summed E-state index contributed by atoms with van der Waals surface area (Å²) in [6.07, 6.45) is 1.26. The van der Waals surface area contributed by atoms with Gasteiger partial charge in [0.2, 0.25) is 0 Å². The maximum Gasteiger partial charge on any atom is 0.270 e. The van der Waals surface area contributed by atoms with E-state index in [1.807, 2.05) is 25.1 Å². The van der Waals surface area contributed by atoms with Crippen molar-refractivity contribution in [1.82, 2.24) is 9.55 Å². The predicted octanol–water partition coefficient (Wildman–Crippen LogP) is 2.31. The van der Waals surface area contributed by atoms with Crippen molar-refractivity contribution in [3.05, 3.63) is 74.8 Å². The first-order valence-corrected chi connectivity index (χ1v) is 8.51. The molecule has 3 rings (SSSR count). The van der Waals surface area contributed by atoms with E-state index in [9.17, 15) is 20.0 Å². The van der Waals surface area contributed by atoms with Gasteiger partial charge in [0.25, 0.3) is 11.2 Å². The lowest BCUT2D eigenvalue weighted by Crippen LogP contribution is -2.30. The zero-order chi connectivity index (χ0) is 19.4. The first kappa shape index (κ1) is 18.5. The van der Waals surface area contributed by atoms with Gasteiger partial charge in [-0.2, -0.15) is 0 Å². The van der Waals surface area contributed by atoms with E-state index in [-0.39, 0.29) is 24.2 Å². The first-order chi connectivity index (χ1) is 13.0. The molecule has 1 atom stereocenters. The molecule has 0 saturated heterocycles. The lowest BCUT2D eigenvalue weighted by molar-refractivity contribution is -0.384. The van der Waals surface area contributed by atoms with E-state index in [2.05, 4.69) is 4.98 Å². The molecule has 0 saturated carbocycles. The zero-order valence-electron chi connectivity index (χ0n) is 14.7. The Balaban J connectivity index is 1.74. The first-order valence-electron chi connectivity index (χ1n) is 8.51. The molecule has 140 valence electrons. The van der Waals surface area contributed by atoms with Gasteiger partial charge >= 0.3 is 0 Å². The van der Waals surface area contributed by atoms with Crippen molar-refractivity contribution in [3.8, 4) is 5.75 Å². The molecule has 0 bridgehead atoms. The number of benzene rings is 2. The minimum absolute atomic E-state index is 0.00653. The highest BCUT2D eigenvalue weighted by Crippen LogP contribution is 2.16. The van der Waals surface area contributed by atoms with E-state index in [0.29, 0.717) is 11.3 Å². The van der Waals surface area contributed by atoms with Gasteiger partial charge in [0.05, 0.1) is 28.7 Å². The van der Waals surface area contributed by atoms with Crippen LogP contribution in [0.2, 0.25) is 0 Å². The number of ether oxygens (including phenoxy) is 1. The molecule has 8 nitrogen and oxygen atoms in total. The van der Waals surface area contributed by atoms with Gasteiger partial charge in [-0.1, -0.05) is 19.1 Å². The standard InChI is InChI=1S/C19H19N3O5/c1-2-13-4-3-5-16(8-13)27-11-15(23)10-21-12-20-18-7-6-14(22(25)26)9-17(18)19(21)24/h3-9,12,15,23H,2,10-11H2,1H3. The Hall–Kier alpha value is -3.26. The number of fused-ring (bicyclic) bond motifs is 1. The second kappa shape index (κ2) is 7.96. The molecule has 3 aromatic rings. The molecule has 0 amide bonds. The van der Waals surface area contributed by atoms with Crippen LogP contribution < -0.4 is 10.3 Å².